The van der Waals surface area contributed by atoms with Gasteiger partial charge in [0.15, 0.2) is 0 Å². The number of hydrogen-bond acceptors (Lipinski definition) is 3. The first kappa shape index (κ1) is 14.6. The number of ether oxygens (including phenoxy) is 1. The number of pyridine rings is 1. The molecule has 0 saturated carbocycles. The molecule has 3 rings (SSSR count). The van der Waals surface area contributed by atoms with Gasteiger partial charge in [-0.25, -0.2) is 4.98 Å². The first-order valence-electron chi connectivity index (χ1n) is 7.67. The van der Waals surface area contributed by atoms with Gasteiger partial charge in [-0.2, -0.15) is 0 Å². The zero-order valence-corrected chi connectivity index (χ0v) is 12.7. The average molecular weight is 296 g/mol. The van der Waals surface area contributed by atoms with Crippen LogP contribution in [0.5, 0.6) is 5.75 Å². The molecule has 1 fully saturated rings. The molecule has 1 aromatic heterocycles. The number of carbonyl (C=O) groups excluding carboxylic acids is 1. The summed E-state index contributed by atoms with van der Waals surface area (Å²) < 4.78 is 5.95. The van der Waals surface area contributed by atoms with Crippen molar-refractivity contribution in [3.05, 3.63) is 59.9 Å². The van der Waals surface area contributed by atoms with E-state index in [2.05, 4.69) is 4.98 Å². The van der Waals surface area contributed by atoms with Crippen molar-refractivity contribution in [2.75, 3.05) is 13.1 Å². The molecule has 1 aliphatic heterocycles. The molecule has 0 spiro atoms. The molecule has 0 atom stereocenters. The predicted octanol–water partition coefficient (Wildman–Crippen LogP) is 3.07. The highest BCUT2D eigenvalue weighted by Gasteiger charge is 2.25. The van der Waals surface area contributed by atoms with Crippen LogP contribution in [0.4, 0.5) is 0 Å². The molecule has 22 heavy (non-hydrogen) atoms. The van der Waals surface area contributed by atoms with E-state index in [0.29, 0.717) is 18.8 Å². The number of carbonyl (C=O) groups is 1. The lowest BCUT2D eigenvalue weighted by Gasteiger charge is -2.32. The van der Waals surface area contributed by atoms with Crippen LogP contribution < -0.4 is 4.74 Å². The summed E-state index contributed by atoms with van der Waals surface area (Å²) in [6.07, 6.45) is 1.88. The number of aryl methyl sites for hydroxylation is 1. The molecular formula is C18H20N2O2. The van der Waals surface area contributed by atoms with E-state index in [4.69, 9.17) is 4.74 Å². The van der Waals surface area contributed by atoms with E-state index in [-0.39, 0.29) is 12.0 Å². The van der Waals surface area contributed by atoms with Gasteiger partial charge in [0.2, 0.25) is 0 Å². The lowest BCUT2D eigenvalue weighted by atomic mass is 10.1. The average Bonchev–Trinajstić information content (AvgIpc) is 2.56. The minimum absolute atomic E-state index is 0.0156. The van der Waals surface area contributed by atoms with Gasteiger partial charge in [0.1, 0.15) is 17.5 Å². The van der Waals surface area contributed by atoms with Crippen LogP contribution in [-0.2, 0) is 0 Å². The van der Waals surface area contributed by atoms with Gasteiger partial charge in [-0.1, -0.05) is 24.3 Å². The van der Waals surface area contributed by atoms with E-state index in [0.717, 1.165) is 24.3 Å². The summed E-state index contributed by atoms with van der Waals surface area (Å²) in [5, 5.41) is 0. The third-order valence-corrected chi connectivity index (χ3v) is 3.88. The van der Waals surface area contributed by atoms with Crippen LogP contribution in [0.2, 0.25) is 0 Å². The second-order valence-corrected chi connectivity index (χ2v) is 5.59. The maximum atomic E-state index is 12.4. The van der Waals surface area contributed by atoms with Gasteiger partial charge in [-0.05, 0) is 31.2 Å². The van der Waals surface area contributed by atoms with Crippen molar-refractivity contribution in [3.8, 4) is 5.75 Å². The van der Waals surface area contributed by atoms with Crippen molar-refractivity contribution in [1.82, 2.24) is 9.88 Å². The number of piperidine rings is 1. The highest BCUT2D eigenvalue weighted by atomic mass is 16.5. The van der Waals surface area contributed by atoms with Crippen molar-refractivity contribution in [2.24, 2.45) is 0 Å². The fourth-order valence-corrected chi connectivity index (χ4v) is 2.69. The SMILES string of the molecule is Cc1cccc(C(=O)N2CCC(Oc3ccccc3)CC2)n1. The van der Waals surface area contributed by atoms with E-state index in [1.54, 1.807) is 6.07 Å². The minimum atomic E-state index is 0.0156. The van der Waals surface area contributed by atoms with E-state index in [1.165, 1.54) is 0 Å². The highest BCUT2D eigenvalue weighted by Crippen LogP contribution is 2.19. The summed E-state index contributed by atoms with van der Waals surface area (Å²) in [4.78, 5) is 18.6. The van der Waals surface area contributed by atoms with Crippen LogP contribution in [0.15, 0.2) is 48.5 Å². The lowest BCUT2D eigenvalue weighted by Crippen LogP contribution is -2.42. The molecule has 0 N–H and O–H groups in total. The molecule has 1 saturated heterocycles. The van der Waals surface area contributed by atoms with Crippen molar-refractivity contribution in [3.63, 3.8) is 0 Å². The molecule has 4 nitrogen and oxygen atoms in total. The molecule has 0 aliphatic carbocycles. The second-order valence-electron chi connectivity index (χ2n) is 5.59. The summed E-state index contributed by atoms with van der Waals surface area (Å²) in [5.41, 5.74) is 1.40. The standard InChI is InChI=1S/C18H20N2O2/c1-14-6-5-9-17(19-14)18(21)20-12-10-16(11-13-20)22-15-7-3-2-4-8-15/h2-9,16H,10-13H2,1H3. The predicted molar refractivity (Wildman–Crippen MR) is 85.0 cm³/mol. The summed E-state index contributed by atoms with van der Waals surface area (Å²) in [7, 11) is 0. The first-order chi connectivity index (χ1) is 10.7. The van der Waals surface area contributed by atoms with Gasteiger partial charge >= 0.3 is 0 Å². The molecule has 1 amide bonds. The maximum Gasteiger partial charge on any atom is 0.272 e. The zero-order valence-electron chi connectivity index (χ0n) is 12.7. The monoisotopic (exact) mass is 296 g/mol. The molecule has 2 aromatic rings. The number of amides is 1. The molecule has 4 heteroatoms. The number of nitrogens with zero attached hydrogens (tertiary/aromatic N) is 2. The maximum absolute atomic E-state index is 12.4. The van der Waals surface area contributed by atoms with Crippen LogP contribution in [0.1, 0.15) is 29.0 Å². The van der Waals surface area contributed by atoms with Crippen LogP contribution in [-0.4, -0.2) is 35.0 Å². The van der Waals surface area contributed by atoms with Crippen molar-refractivity contribution in [2.45, 2.75) is 25.9 Å². The lowest BCUT2D eigenvalue weighted by molar-refractivity contribution is 0.0590. The Labute approximate surface area is 130 Å². The third-order valence-electron chi connectivity index (χ3n) is 3.88. The Balaban J connectivity index is 1.56. The second kappa shape index (κ2) is 6.60. The van der Waals surface area contributed by atoms with Crippen LogP contribution in [0.25, 0.3) is 0 Å². The minimum Gasteiger partial charge on any atom is -0.490 e. The summed E-state index contributed by atoms with van der Waals surface area (Å²) >= 11 is 0. The topological polar surface area (TPSA) is 42.4 Å². The smallest absolute Gasteiger partial charge is 0.272 e. The van der Waals surface area contributed by atoms with E-state index < -0.39 is 0 Å². The Morgan fingerprint density at radius 1 is 1.09 bits per heavy atom. The third kappa shape index (κ3) is 3.45. The molecule has 1 aliphatic rings. The molecule has 114 valence electrons. The van der Waals surface area contributed by atoms with Gasteiger partial charge in [0.25, 0.3) is 5.91 Å². The highest BCUT2D eigenvalue weighted by molar-refractivity contribution is 5.92. The van der Waals surface area contributed by atoms with Crippen molar-refractivity contribution >= 4 is 5.91 Å². The van der Waals surface area contributed by atoms with E-state index in [9.17, 15) is 4.79 Å². The zero-order chi connectivity index (χ0) is 15.4. The normalized spacial score (nSPS) is 15.6. The summed E-state index contributed by atoms with van der Waals surface area (Å²) in [5.74, 6) is 0.912. The number of para-hydroxylation sites is 1. The number of aromatic nitrogens is 1. The molecule has 0 unspecified atom stereocenters. The fraction of sp³-hybridized carbons (Fsp3) is 0.333. The molecule has 1 aromatic carbocycles. The van der Waals surface area contributed by atoms with Crippen molar-refractivity contribution in [1.29, 1.82) is 0 Å². The summed E-state index contributed by atoms with van der Waals surface area (Å²) in [6.45, 7) is 3.33. The van der Waals surface area contributed by atoms with Gasteiger partial charge in [0, 0.05) is 31.6 Å². The van der Waals surface area contributed by atoms with Crippen molar-refractivity contribution < 1.29 is 9.53 Å². The van der Waals surface area contributed by atoms with E-state index in [1.807, 2.05) is 54.3 Å². The molecular weight excluding hydrogens is 276 g/mol. The Hall–Kier alpha value is -2.36. The number of likely N-dealkylation sites (tertiary alicyclic amines) is 1. The Morgan fingerprint density at radius 3 is 2.50 bits per heavy atom. The van der Waals surface area contributed by atoms with Crippen LogP contribution in [0.3, 0.4) is 0 Å². The number of hydrogen-bond donors (Lipinski definition) is 0. The quantitative estimate of drug-likeness (QED) is 0.874. The largest absolute Gasteiger partial charge is 0.490 e. The molecule has 0 radical (unpaired) electrons. The van der Waals surface area contributed by atoms with Gasteiger partial charge in [-0.3, -0.25) is 4.79 Å². The first-order valence-corrected chi connectivity index (χ1v) is 7.67. The fourth-order valence-electron chi connectivity index (χ4n) is 2.69. The molecule has 2 heterocycles. The Bertz CT molecular complexity index is 635. The van der Waals surface area contributed by atoms with Gasteiger partial charge in [-0.15, -0.1) is 0 Å². The molecule has 0 bridgehead atoms. The Morgan fingerprint density at radius 2 is 1.82 bits per heavy atom. The Kier molecular flexibility index (Phi) is 4.37. The number of rotatable bonds is 3. The van der Waals surface area contributed by atoms with Crippen LogP contribution >= 0.6 is 0 Å². The summed E-state index contributed by atoms with van der Waals surface area (Å²) in [6, 6.07) is 15.4. The van der Waals surface area contributed by atoms with Gasteiger partial charge < -0.3 is 9.64 Å². The van der Waals surface area contributed by atoms with Gasteiger partial charge in [0.05, 0.1) is 0 Å². The number of benzene rings is 1. The van der Waals surface area contributed by atoms with E-state index >= 15 is 0 Å². The van der Waals surface area contributed by atoms with Crippen LogP contribution in [0, 0.1) is 6.92 Å².